The summed E-state index contributed by atoms with van der Waals surface area (Å²) < 4.78 is 38.6. The first-order valence-corrected chi connectivity index (χ1v) is 9.41. The third kappa shape index (κ3) is 5.82. The summed E-state index contributed by atoms with van der Waals surface area (Å²) in [4.78, 5) is 32.7. The van der Waals surface area contributed by atoms with Gasteiger partial charge < -0.3 is 10.2 Å². The molecule has 1 unspecified atom stereocenters. The maximum atomic E-state index is 12.9. The van der Waals surface area contributed by atoms with Crippen molar-refractivity contribution in [3.05, 3.63) is 0 Å². The molecule has 0 aromatic heterocycles. The number of nitrogens with zero attached hydrogens (tertiary/aromatic N) is 4. The summed E-state index contributed by atoms with van der Waals surface area (Å²) in [6.45, 7) is 5.71. The molecule has 2 aliphatic rings. The number of likely N-dealkylation sites (tertiary alicyclic amines) is 1. The Morgan fingerprint density at radius 3 is 2.26 bits per heavy atom. The Kier molecular flexibility index (Phi) is 7.46. The van der Waals surface area contributed by atoms with Gasteiger partial charge in [-0.05, 0) is 20.3 Å². The second kappa shape index (κ2) is 9.38. The number of halogens is 3. The molecule has 2 heterocycles. The molecule has 7 nitrogen and oxygen atoms in total. The largest absolute Gasteiger partial charge is 0.403 e. The number of aliphatic imine (C=N–C) groups is 1. The monoisotopic (exact) mass is 391 g/mol. The van der Waals surface area contributed by atoms with Crippen LogP contribution in [0.25, 0.3) is 0 Å². The highest BCUT2D eigenvalue weighted by atomic mass is 19.4. The van der Waals surface area contributed by atoms with Gasteiger partial charge in [-0.15, -0.1) is 0 Å². The second-order valence-electron chi connectivity index (χ2n) is 6.77. The van der Waals surface area contributed by atoms with Crippen LogP contribution in [0.5, 0.6) is 0 Å². The number of hydrogen-bond donors (Lipinski definition) is 1. The molecule has 0 saturated carbocycles. The maximum Gasteiger partial charge on any atom is 0.403 e. The van der Waals surface area contributed by atoms with E-state index in [1.54, 1.807) is 0 Å². The third-order valence-electron chi connectivity index (χ3n) is 4.94. The predicted octanol–water partition coefficient (Wildman–Crippen LogP) is 1.06. The Hall–Kier alpha value is -1.84. The number of carbonyl (C=O) groups is 2. The predicted molar refractivity (Wildman–Crippen MR) is 95.2 cm³/mol. The van der Waals surface area contributed by atoms with Crippen LogP contribution in [-0.4, -0.2) is 90.5 Å². The van der Waals surface area contributed by atoms with Crippen LogP contribution >= 0.6 is 0 Å². The number of hydrogen-bond acceptors (Lipinski definition) is 4. The fourth-order valence-electron chi connectivity index (χ4n) is 3.26. The topological polar surface area (TPSA) is 68.2 Å². The Morgan fingerprint density at radius 2 is 1.74 bits per heavy atom. The van der Waals surface area contributed by atoms with Crippen LogP contribution in [0.15, 0.2) is 4.99 Å². The fraction of sp³-hybridized carbons (Fsp3) is 0.824. The lowest BCUT2D eigenvalue weighted by atomic mass is 10.1. The fourth-order valence-corrected chi connectivity index (χ4v) is 3.26. The van der Waals surface area contributed by atoms with Gasteiger partial charge in [-0.2, -0.15) is 13.2 Å². The Morgan fingerprint density at radius 1 is 1.15 bits per heavy atom. The van der Waals surface area contributed by atoms with Crippen molar-refractivity contribution >= 4 is 17.8 Å². The summed E-state index contributed by atoms with van der Waals surface area (Å²) in [5.41, 5.74) is 0. The van der Waals surface area contributed by atoms with Gasteiger partial charge in [0.25, 0.3) is 0 Å². The molecule has 10 heteroatoms. The van der Waals surface area contributed by atoms with Gasteiger partial charge in [0.05, 0.1) is 6.54 Å². The molecule has 2 saturated heterocycles. The van der Waals surface area contributed by atoms with E-state index in [1.807, 2.05) is 11.8 Å². The average molecular weight is 391 g/mol. The van der Waals surface area contributed by atoms with E-state index in [0.29, 0.717) is 57.9 Å². The van der Waals surface area contributed by atoms with Gasteiger partial charge in [0.2, 0.25) is 11.8 Å². The van der Waals surface area contributed by atoms with Crippen LogP contribution in [0.1, 0.15) is 33.1 Å². The summed E-state index contributed by atoms with van der Waals surface area (Å²) >= 11 is 0. The van der Waals surface area contributed by atoms with Gasteiger partial charge in [-0.1, -0.05) is 0 Å². The van der Waals surface area contributed by atoms with E-state index >= 15 is 0 Å². The zero-order valence-corrected chi connectivity index (χ0v) is 15.9. The highest BCUT2D eigenvalue weighted by Gasteiger charge is 2.41. The van der Waals surface area contributed by atoms with Crippen molar-refractivity contribution in [2.45, 2.75) is 45.3 Å². The number of carbonyl (C=O) groups excluding carboxylic acids is 2. The van der Waals surface area contributed by atoms with E-state index in [2.05, 4.69) is 10.3 Å². The first-order chi connectivity index (χ1) is 12.7. The summed E-state index contributed by atoms with van der Waals surface area (Å²) in [6, 6.07) is -1.46. The van der Waals surface area contributed by atoms with Crippen molar-refractivity contribution in [1.29, 1.82) is 0 Å². The third-order valence-corrected chi connectivity index (χ3v) is 4.94. The van der Waals surface area contributed by atoms with Crippen molar-refractivity contribution in [3.8, 4) is 0 Å². The molecule has 2 amide bonds. The molecule has 2 fully saturated rings. The first kappa shape index (κ1) is 21.5. The summed E-state index contributed by atoms with van der Waals surface area (Å²) in [6.07, 6.45) is -2.86. The Labute approximate surface area is 157 Å². The van der Waals surface area contributed by atoms with Gasteiger partial charge >= 0.3 is 6.18 Å². The maximum absolute atomic E-state index is 12.9. The molecule has 0 aromatic rings. The molecule has 1 atom stereocenters. The van der Waals surface area contributed by atoms with Crippen LogP contribution < -0.4 is 5.32 Å². The summed E-state index contributed by atoms with van der Waals surface area (Å²) in [5, 5.41) is 3.13. The number of imide groups is 1. The smallest absolute Gasteiger partial charge is 0.357 e. The lowest BCUT2D eigenvalue weighted by Crippen LogP contribution is -2.56. The van der Waals surface area contributed by atoms with Crippen molar-refractivity contribution in [2.24, 2.45) is 4.99 Å². The minimum absolute atomic E-state index is 0.166. The molecular weight excluding hydrogens is 363 g/mol. The number of alkyl halides is 3. The molecule has 2 rings (SSSR count). The average Bonchev–Trinajstić information content (AvgIpc) is 2.62. The number of piperazine rings is 1. The molecule has 0 aromatic carbocycles. The molecular formula is C17H28F3N5O2. The second-order valence-corrected chi connectivity index (χ2v) is 6.77. The Balaban J connectivity index is 1.90. The van der Waals surface area contributed by atoms with Crippen LogP contribution in [-0.2, 0) is 9.59 Å². The minimum atomic E-state index is -4.23. The van der Waals surface area contributed by atoms with E-state index in [0.717, 1.165) is 0 Å². The quantitative estimate of drug-likeness (QED) is 0.431. The summed E-state index contributed by atoms with van der Waals surface area (Å²) in [5.74, 6) is 0.274. The number of piperidine rings is 1. The van der Waals surface area contributed by atoms with Crippen LogP contribution in [0.4, 0.5) is 13.2 Å². The van der Waals surface area contributed by atoms with Crippen molar-refractivity contribution in [2.75, 3.05) is 45.8 Å². The molecule has 0 aliphatic carbocycles. The highest BCUT2D eigenvalue weighted by Crippen LogP contribution is 2.25. The molecule has 1 N–H and O–H groups in total. The number of guanidine groups is 1. The van der Waals surface area contributed by atoms with E-state index < -0.39 is 12.2 Å². The number of rotatable bonds is 5. The summed E-state index contributed by atoms with van der Waals surface area (Å²) in [7, 11) is 0. The number of amides is 2. The van der Waals surface area contributed by atoms with Gasteiger partial charge in [-0.25, -0.2) is 0 Å². The van der Waals surface area contributed by atoms with Gasteiger partial charge in [0, 0.05) is 52.1 Å². The molecule has 27 heavy (non-hydrogen) atoms. The molecule has 0 radical (unpaired) electrons. The zero-order chi connectivity index (χ0) is 20.0. The van der Waals surface area contributed by atoms with E-state index in [1.165, 1.54) is 16.7 Å². The minimum Gasteiger partial charge on any atom is -0.357 e. The molecule has 154 valence electrons. The van der Waals surface area contributed by atoms with Crippen molar-refractivity contribution in [3.63, 3.8) is 0 Å². The molecule has 0 bridgehead atoms. The van der Waals surface area contributed by atoms with Crippen molar-refractivity contribution < 1.29 is 22.8 Å². The van der Waals surface area contributed by atoms with Crippen LogP contribution in [0.2, 0.25) is 0 Å². The molecule has 0 spiro atoms. The standard InChI is InChI=1S/C17H28F3N5O2/c1-3-21-16(22-7-8-25-14(26)5-4-6-15(25)27)24-11-9-23(10-12-24)13(2)17(18,19)20/h13H,3-12H2,1-2H3,(H,21,22). The van der Waals surface area contributed by atoms with Gasteiger partial charge in [0.15, 0.2) is 5.96 Å². The van der Waals surface area contributed by atoms with Gasteiger partial charge in [-0.3, -0.25) is 24.4 Å². The highest BCUT2D eigenvalue weighted by molar-refractivity contribution is 5.97. The van der Waals surface area contributed by atoms with Crippen molar-refractivity contribution in [1.82, 2.24) is 20.0 Å². The lowest BCUT2D eigenvalue weighted by Gasteiger charge is -2.39. The zero-order valence-electron chi connectivity index (χ0n) is 15.9. The Bertz CT molecular complexity index is 543. The van der Waals surface area contributed by atoms with E-state index in [9.17, 15) is 22.8 Å². The SMILES string of the molecule is CCNC(=NCCN1C(=O)CCCC1=O)N1CCN(C(C)C(F)(F)F)CC1. The lowest BCUT2D eigenvalue weighted by molar-refractivity contribution is -0.181. The van der Waals surface area contributed by atoms with E-state index in [4.69, 9.17) is 0 Å². The number of nitrogens with one attached hydrogen (secondary N) is 1. The van der Waals surface area contributed by atoms with Gasteiger partial charge in [0.1, 0.15) is 6.04 Å². The van der Waals surface area contributed by atoms with Crippen LogP contribution in [0, 0.1) is 0 Å². The van der Waals surface area contributed by atoms with E-state index in [-0.39, 0.29) is 24.9 Å². The first-order valence-electron chi connectivity index (χ1n) is 9.41. The normalized spacial score (nSPS) is 21.6. The van der Waals surface area contributed by atoms with Crippen LogP contribution in [0.3, 0.4) is 0 Å². The molecule has 2 aliphatic heterocycles.